The number of carboxylic acids is 1. The largest absolute Gasteiger partial charge is 0.480 e. The summed E-state index contributed by atoms with van der Waals surface area (Å²) in [7, 11) is -3.65. The Balaban J connectivity index is 4.06. The van der Waals surface area contributed by atoms with Crippen LogP contribution in [0.4, 0.5) is 0 Å². The molecule has 0 aliphatic carbocycles. The lowest BCUT2D eigenvalue weighted by atomic mass is 10.3. The molecule has 8 heteroatoms. The molecule has 0 aliphatic rings. The van der Waals surface area contributed by atoms with E-state index in [1.54, 1.807) is 13.8 Å². The van der Waals surface area contributed by atoms with E-state index in [9.17, 15) is 13.2 Å². The second-order valence-corrected chi connectivity index (χ2v) is 4.60. The average molecular weight is 225 g/mol. The first kappa shape index (κ1) is 13.3. The summed E-state index contributed by atoms with van der Waals surface area (Å²) in [6.45, 7) is 2.96. The number of hydrogen-bond donors (Lipinski definition) is 4. The monoisotopic (exact) mass is 225 g/mol. The van der Waals surface area contributed by atoms with E-state index in [-0.39, 0.29) is 12.6 Å². The van der Waals surface area contributed by atoms with Crippen molar-refractivity contribution in [2.45, 2.75) is 25.9 Å². The van der Waals surface area contributed by atoms with Crippen LogP contribution in [0, 0.1) is 0 Å². The highest BCUT2D eigenvalue weighted by atomic mass is 32.2. The third-order valence-electron chi connectivity index (χ3n) is 1.20. The van der Waals surface area contributed by atoms with Gasteiger partial charge in [-0.2, -0.15) is 13.1 Å². The zero-order valence-corrected chi connectivity index (χ0v) is 8.84. The van der Waals surface area contributed by atoms with Crippen molar-refractivity contribution in [1.29, 1.82) is 0 Å². The van der Waals surface area contributed by atoms with Crippen molar-refractivity contribution in [3.63, 3.8) is 0 Å². The minimum Gasteiger partial charge on any atom is -0.480 e. The minimum atomic E-state index is -3.65. The summed E-state index contributed by atoms with van der Waals surface area (Å²) in [4.78, 5) is 10.3. The molecule has 0 aromatic rings. The van der Waals surface area contributed by atoms with E-state index in [2.05, 4.69) is 4.72 Å². The number of aliphatic carboxylic acids is 1. The van der Waals surface area contributed by atoms with Crippen LogP contribution >= 0.6 is 0 Å². The average Bonchev–Trinajstić information content (AvgIpc) is 1.97. The van der Waals surface area contributed by atoms with Crippen LogP contribution in [-0.4, -0.2) is 38.1 Å². The van der Waals surface area contributed by atoms with Gasteiger partial charge in [0.2, 0.25) is 0 Å². The maximum absolute atomic E-state index is 11.1. The molecule has 0 rings (SSSR count). The van der Waals surface area contributed by atoms with Crippen LogP contribution in [0.1, 0.15) is 13.8 Å². The number of rotatable bonds is 6. The predicted molar refractivity (Wildman–Crippen MR) is 50.8 cm³/mol. The van der Waals surface area contributed by atoms with Gasteiger partial charge in [0.25, 0.3) is 10.2 Å². The maximum Gasteiger partial charge on any atom is 0.321 e. The van der Waals surface area contributed by atoms with Gasteiger partial charge in [-0.3, -0.25) is 4.79 Å². The zero-order chi connectivity index (χ0) is 11.4. The van der Waals surface area contributed by atoms with E-state index >= 15 is 0 Å². The second kappa shape index (κ2) is 5.25. The Morgan fingerprint density at radius 3 is 2.36 bits per heavy atom. The third kappa shape index (κ3) is 5.86. The molecule has 0 fully saturated rings. The molecule has 0 aromatic heterocycles. The van der Waals surface area contributed by atoms with Crippen LogP contribution in [0.3, 0.4) is 0 Å². The third-order valence-corrected chi connectivity index (χ3v) is 2.53. The van der Waals surface area contributed by atoms with E-state index in [0.717, 1.165) is 0 Å². The Kier molecular flexibility index (Phi) is 4.99. The van der Waals surface area contributed by atoms with Crippen molar-refractivity contribution in [2.24, 2.45) is 5.73 Å². The van der Waals surface area contributed by atoms with Gasteiger partial charge >= 0.3 is 5.97 Å². The summed E-state index contributed by atoms with van der Waals surface area (Å²) in [5, 5.41) is 8.38. The fraction of sp³-hybridized carbons (Fsp3) is 0.833. The van der Waals surface area contributed by atoms with E-state index in [1.165, 1.54) is 0 Å². The Morgan fingerprint density at radius 2 is 2.00 bits per heavy atom. The SMILES string of the molecule is CC(C)NS(=O)(=O)NCC(N)C(=O)O. The number of hydrogen-bond acceptors (Lipinski definition) is 4. The number of carboxylic acid groups (broad SMARTS) is 1. The molecule has 14 heavy (non-hydrogen) atoms. The van der Waals surface area contributed by atoms with Gasteiger partial charge in [0.1, 0.15) is 6.04 Å². The molecule has 7 nitrogen and oxygen atoms in total. The Bertz CT molecular complexity index is 287. The molecule has 5 N–H and O–H groups in total. The number of nitrogens with one attached hydrogen (secondary N) is 2. The first-order chi connectivity index (χ1) is 6.24. The topological polar surface area (TPSA) is 122 Å². The predicted octanol–water partition coefficient (Wildman–Crippen LogP) is -1.77. The van der Waals surface area contributed by atoms with E-state index in [4.69, 9.17) is 10.8 Å². The van der Waals surface area contributed by atoms with E-state index in [0.29, 0.717) is 0 Å². The lowest BCUT2D eigenvalue weighted by molar-refractivity contribution is -0.138. The molecule has 1 atom stereocenters. The number of carbonyl (C=O) groups is 1. The molecule has 0 amide bonds. The summed E-state index contributed by atoms with van der Waals surface area (Å²) >= 11 is 0. The van der Waals surface area contributed by atoms with Gasteiger partial charge in [-0.05, 0) is 13.8 Å². The van der Waals surface area contributed by atoms with Crippen molar-refractivity contribution < 1.29 is 18.3 Å². The summed E-state index contributed by atoms with van der Waals surface area (Å²) in [6.07, 6.45) is 0. The van der Waals surface area contributed by atoms with Crippen LogP contribution < -0.4 is 15.2 Å². The van der Waals surface area contributed by atoms with Gasteiger partial charge in [-0.15, -0.1) is 0 Å². The smallest absolute Gasteiger partial charge is 0.321 e. The first-order valence-electron chi connectivity index (χ1n) is 4.00. The van der Waals surface area contributed by atoms with Crippen molar-refractivity contribution in [3.05, 3.63) is 0 Å². The summed E-state index contributed by atoms with van der Waals surface area (Å²) in [5.41, 5.74) is 5.10. The van der Waals surface area contributed by atoms with Crippen molar-refractivity contribution in [1.82, 2.24) is 9.44 Å². The standard InChI is InChI=1S/C6H15N3O4S/c1-4(2)9-14(12,13)8-3-5(7)6(10)11/h4-5,8-9H,3,7H2,1-2H3,(H,10,11). The fourth-order valence-electron chi connectivity index (χ4n) is 0.639. The summed E-state index contributed by atoms with van der Waals surface area (Å²) < 4.78 is 26.4. The first-order valence-corrected chi connectivity index (χ1v) is 5.48. The van der Waals surface area contributed by atoms with Gasteiger partial charge in [-0.25, -0.2) is 4.72 Å². The molecule has 0 heterocycles. The summed E-state index contributed by atoms with van der Waals surface area (Å²) in [5.74, 6) is -1.25. The normalized spacial score (nSPS) is 14.3. The molecule has 0 saturated carbocycles. The number of nitrogens with two attached hydrogens (primary N) is 1. The fourth-order valence-corrected chi connectivity index (χ4v) is 1.74. The van der Waals surface area contributed by atoms with Crippen LogP contribution in [0.2, 0.25) is 0 Å². The van der Waals surface area contributed by atoms with Gasteiger partial charge in [0.05, 0.1) is 0 Å². The maximum atomic E-state index is 11.1. The van der Waals surface area contributed by atoms with Crippen molar-refractivity contribution >= 4 is 16.2 Å². The minimum absolute atomic E-state index is 0.256. The van der Waals surface area contributed by atoms with Crippen molar-refractivity contribution in [2.75, 3.05) is 6.54 Å². The lowest BCUT2D eigenvalue weighted by Gasteiger charge is -2.12. The van der Waals surface area contributed by atoms with E-state index < -0.39 is 22.2 Å². The van der Waals surface area contributed by atoms with Crippen LogP contribution in [0.15, 0.2) is 0 Å². The van der Waals surface area contributed by atoms with Crippen molar-refractivity contribution in [3.8, 4) is 0 Å². The zero-order valence-electron chi connectivity index (χ0n) is 8.02. The molecular weight excluding hydrogens is 210 g/mol. The van der Waals surface area contributed by atoms with Crippen LogP contribution in [-0.2, 0) is 15.0 Å². The van der Waals surface area contributed by atoms with Gasteiger partial charge in [0, 0.05) is 12.6 Å². The Hall–Kier alpha value is -0.700. The molecule has 0 saturated heterocycles. The molecule has 0 aliphatic heterocycles. The quantitative estimate of drug-likeness (QED) is 0.426. The van der Waals surface area contributed by atoms with Crippen LogP contribution in [0.25, 0.3) is 0 Å². The highest BCUT2D eigenvalue weighted by Gasteiger charge is 2.16. The molecule has 84 valence electrons. The highest BCUT2D eigenvalue weighted by molar-refractivity contribution is 7.87. The Labute approximate surface area is 82.9 Å². The van der Waals surface area contributed by atoms with E-state index in [1.807, 2.05) is 4.72 Å². The Morgan fingerprint density at radius 1 is 1.50 bits per heavy atom. The molecule has 0 radical (unpaired) electrons. The molecule has 0 spiro atoms. The lowest BCUT2D eigenvalue weighted by Crippen LogP contribution is -2.47. The second-order valence-electron chi connectivity index (χ2n) is 3.07. The van der Waals surface area contributed by atoms with Crippen LogP contribution in [0.5, 0.6) is 0 Å². The van der Waals surface area contributed by atoms with Gasteiger partial charge < -0.3 is 10.8 Å². The highest BCUT2D eigenvalue weighted by Crippen LogP contribution is 1.84. The summed E-state index contributed by atoms with van der Waals surface area (Å²) in [6, 6.07) is -1.49. The molecule has 0 bridgehead atoms. The molecule has 1 unspecified atom stereocenters. The van der Waals surface area contributed by atoms with Gasteiger partial charge in [-0.1, -0.05) is 0 Å². The molecule has 0 aromatic carbocycles. The van der Waals surface area contributed by atoms with Gasteiger partial charge in [0.15, 0.2) is 0 Å². The molecular formula is C6H15N3O4S.